The summed E-state index contributed by atoms with van der Waals surface area (Å²) in [5.74, 6) is 0. The number of hydrogen-bond donors (Lipinski definition) is 1. The summed E-state index contributed by atoms with van der Waals surface area (Å²) >= 11 is 0. The highest BCUT2D eigenvalue weighted by atomic mass is 15.1. The minimum absolute atomic E-state index is 0.549. The van der Waals surface area contributed by atoms with Crippen molar-refractivity contribution < 1.29 is 0 Å². The molecule has 0 rings (SSSR count). The van der Waals surface area contributed by atoms with Crippen LogP contribution in [0, 0.1) is 0 Å². The van der Waals surface area contributed by atoms with Gasteiger partial charge in [-0.2, -0.15) is 0 Å². The van der Waals surface area contributed by atoms with Crippen molar-refractivity contribution in [1.29, 1.82) is 0 Å². The Hall–Kier alpha value is -0.340. The average molecular weight is 142 g/mol. The van der Waals surface area contributed by atoms with Gasteiger partial charge in [0.2, 0.25) is 0 Å². The van der Waals surface area contributed by atoms with Gasteiger partial charge in [0, 0.05) is 12.6 Å². The Balaban J connectivity index is 3.48. The molecular weight excluding hydrogens is 124 g/mol. The van der Waals surface area contributed by atoms with Gasteiger partial charge in [0.1, 0.15) is 0 Å². The number of hydrogen-bond acceptors (Lipinski definition) is 2. The maximum absolute atomic E-state index is 3.70. The molecule has 0 spiro atoms. The molecular formula is C8H18N2. The van der Waals surface area contributed by atoms with Crippen molar-refractivity contribution in [2.45, 2.75) is 12.5 Å². The molecule has 1 unspecified atom stereocenters. The van der Waals surface area contributed by atoms with Crippen LogP contribution in [0.1, 0.15) is 6.42 Å². The molecule has 60 valence electrons. The van der Waals surface area contributed by atoms with Crippen molar-refractivity contribution in [3.63, 3.8) is 0 Å². The Morgan fingerprint density at radius 2 is 2.20 bits per heavy atom. The lowest BCUT2D eigenvalue weighted by Crippen LogP contribution is -2.35. The number of likely N-dealkylation sites (N-methyl/N-ethyl adjacent to an activating group) is 2. The molecule has 0 radical (unpaired) electrons. The van der Waals surface area contributed by atoms with Gasteiger partial charge in [0.25, 0.3) is 0 Å². The SMILES string of the molecule is C=CCC(CN(C)C)NC. The van der Waals surface area contributed by atoms with E-state index in [1.54, 1.807) is 0 Å². The van der Waals surface area contributed by atoms with E-state index in [0.717, 1.165) is 13.0 Å². The molecule has 1 atom stereocenters. The second-order valence-electron chi connectivity index (χ2n) is 2.77. The lowest BCUT2D eigenvalue weighted by atomic mass is 10.2. The molecule has 2 heteroatoms. The Morgan fingerprint density at radius 1 is 1.60 bits per heavy atom. The molecule has 0 saturated heterocycles. The smallest absolute Gasteiger partial charge is 0.0226 e. The van der Waals surface area contributed by atoms with E-state index in [4.69, 9.17) is 0 Å². The number of nitrogens with zero attached hydrogens (tertiary/aromatic N) is 1. The van der Waals surface area contributed by atoms with Crippen molar-refractivity contribution in [2.75, 3.05) is 27.7 Å². The molecule has 0 aromatic heterocycles. The van der Waals surface area contributed by atoms with E-state index >= 15 is 0 Å². The molecule has 0 aromatic carbocycles. The third-order valence-electron chi connectivity index (χ3n) is 1.44. The van der Waals surface area contributed by atoms with Gasteiger partial charge in [-0.3, -0.25) is 0 Å². The van der Waals surface area contributed by atoms with Crippen molar-refractivity contribution in [2.24, 2.45) is 0 Å². The molecule has 2 nitrogen and oxygen atoms in total. The van der Waals surface area contributed by atoms with Crippen LogP contribution in [-0.2, 0) is 0 Å². The molecule has 0 aliphatic rings. The Bertz CT molecular complexity index is 89.3. The molecule has 0 fully saturated rings. The van der Waals surface area contributed by atoms with Gasteiger partial charge in [-0.05, 0) is 27.6 Å². The van der Waals surface area contributed by atoms with E-state index in [2.05, 4.69) is 30.9 Å². The van der Waals surface area contributed by atoms with Crippen molar-refractivity contribution >= 4 is 0 Å². The van der Waals surface area contributed by atoms with E-state index in [1.165, 1.54) is 0 Å². The van der Waals surface area contributed by atoms with Crippen LogP contribution < -0.4 is 5.32 Å². The standard InChI is InChI=1S/C8H18N2/c1-5-6-8(9-2)7-10(3)4/h5,8-9H,1,6-7H2,2-4H3. The first-order valence-corrected chi connectivity index (χ1v) is 3.63. The molecule has 0 aliphatic heterocycles. The Morgan fingerprint density at radius 3 is 2.50 bits per heavy atom. The van der Waals surface area contributed by atoms with Crippen LogP contribution in [0.3, 0.4) is 0 Å². The molecule has 1 N–H and O–H groups in total. The molecule has 0 amide bonds. The monoisotopic (exact) mass is 142 g/mol. The fourth-order valence-corrected chi connectivity index (χ4v) is 0.926. The second-order valence-corrected chi connectivity index (χ2v) is 2.77. The van der Waals surface area contributed by atoms with Crippen LogP contribution in [0.25, 0.3) is 0 Å². The summed E-state index contributed by atoms with van der Waals surface area (Å²) in [6, 6.07) is 0.549. The quantitative estimate of drug-likeness (QED) is 0.569. The van der Waals surface area contributed by atoms with Crippen LogP contribution in [0.15, 0.2) is 12.7 Å². The third-order valence-corrected chi connectivity index (χ3v) is 1.44. The van der Waals surface area contributed by atoms with E-state index in [-0.39, 0.29) is 0 Å². The van der Waals surface area contributed by atoms with Gasteiger partial charge in [0.15, 0.2) is 0 Å². The first kappa shape index (κ1) is 9.66. The molecule has 0 aliphatic carbocycles. The third kappa shape index (κ3) is 4.53. The predicted molar refractivity (Wildman–Crippen MR) is 46.2 cm³/mol. The van der Waals surface area contributed by atoms with Gasteiger partial charge >= 0.3 is 0 Å². The van der Waals surface area contributed by atoms with Crippen molar-refractivity contribution in [1.82, 2.24) is 10.2 Å². The summed E-state index contributed by atoms with van der Waals surface area (Å²) < 4.78 is 0. The van der Waals surface area contributed by atoms with E-state index < -0.39 is 0 Å². The summed E-state index contributed by atoms with van der Waals surface area (Å²) in [6.07, 6.45) is 2.99. The number of nitrogens with one attached hydrogen (secondary N) is 1. The first-order chi connectivity index (χ1) is 4.70. The summed E-state index contributed by atoms with van der Waals surface area (Å²) in [4.78, 5) is 2.17. The fourth-order valence-electron chi connectivity index (χ4n) is 0.926. The topological polar surface area (TPSA) is 15.3 Å². The van der Waals surface area contributed by atoms with Crippen LogP contribution >= 0.6 is 0 Å². The van der Waals surface area contributed by atoms with Crippen LogP contribution in [-0.4, -0.2) is 38.6 Å². The van der Waals surface area contributed by atoms with Crippen LogP contribution in [0.5, 0.6) is 0 Å². The van der Waals surface area contributed by atoms with E-state index in [0.29, 0.717) is 6.04 Å². The summed E-state index contributed by atoms with van der Waals surface area (Å²) in [7, 11) is 6.14. The maximum Gasteiger partial charge on any atom is 0.0226 e. The fraction of sp³-hybridized carbons (Fsp3) is 0.750. The van der Waals surface area contributed by atoms with Crippen LogP contribution in [0.2, 0.25) is 0 Å². The minimum atomic E-state index is 0.549. The Labute approximate surface area is 63.9 Å². The largest absolute Gasteiger partial charge is 0.315 e. The lowest BCUT2D eigenvalue weighted by Gasteiger charge is -2.18. The van der Waals surface area contributed by atoms with Gasteiger partial charge in [0.05, 0.1) is 0 Å². The lowest BCUT2D eigenvalue weighted by molar-refractivity contribution is 0.349. The van der Waals surface area contributed by atoms with E-state index in [9.17, 15) is 0 Å². The van der Waals surface area contributed by atoms with Gasteiger partial charge in [-0.25, -0.2) is 0 Å². The van der Waals surface area contributed by atoms with Gasteiger partial charge in [-0.15, -0.1) is 6.58 Å². The first-order valence-electron chi connectivity index (χ1n) is 3.63. The van der Waals surface area contributed by atoms with Crippen molar-refractivity contribution in [3.05, 3.63) is 12.7 Å². The van der Waals surface area contributed by atoms with Crippen molar-refractivity contribution in [3.8, 4) is 0 Å². The second kappa shape index (κ2) is 5.45. The van der Waals surface area contributed by atoms with Gasteiger partial charge in [-0.1, -0.05) is 6.08 Å². The Kier molecular flexibility index (Phi) is 5.26. The normalized spacial score (nSPS) is 13.6. The molecule has 0 aromatic rings. The molecule has 10 heavy (non-hydrogen) atoms. The zero-order chi connectivity index (χ0) is 7.98. The average Bonchev–Trinajstić information content (AvgIpc) is 1.86. The zero-order valence-electron chi connectivity index (χ0n) is 7.22. The molecule has 0 heterocycles. The highest BCUT2D eigenvalue weighted by molar-refractivity contribution is 4.78. The number of rotatable bonds is 5. The van der Waals surface area contributed by atoms with E-state index in [1.807, 2.05) is 13.1 Å². The predicted octanol–water partition coefficient (Wildman–Crippen LogP) is 0.712. The highest BCUT2D eigenvalue weighted by Gasteiger charge is 2.03. The zero-order valence-corrected chi connectivity index (χ0v) is 7.22. The maximum atomic E-state index is 3.70. The summed E-state index contributed by atoms with van der Waals surface area (Å²) in [6.45, 7) is 4.77. The van der Waals surface area contributed by atoms with Crippen LogP contribution in [0.4, 0.5) is 0 Å². The highest BCUT2D eigenvalue weighted by Crippen LogP contribution is 1.92. The van der Waals surface area contributed by atoms with Gasteiger partial charge < -0.3 is 10.2 Å². The summed E-state index contributed by atoms with van der Waals surface area (Å²) in [5.41, 5.74) is 0. The molecule has 0 saturated carbocycles. The molecule has 0 bridgehead atoms. The summed E-state index contributed by atoms with van der Waals surface area (Å²) in [5, 5.41) is 3.22. The minimum Gasteiger partial charge on any atom is -0.315 e.